The molecule has 634 valence electrons. The smallest absolute Gasteiger partial charge is 0.478 e. The Balaban J connectivity index is 0.000000207. The number of fused-ring (bicyclic) bond motifs is 3. The van der Waals surface area contributed by atoms with Crippen LogP contribution in [-0.4, -0.2) is 118 Å². The van der Waals surface area contributed by atoms with E-state index in [1.165, 1.54) is 79.2 Å². The zero-order valence-electron chi connectivity index (χ0n) is 57.3. The fraction of sp³-hybridized carbons (Fsp3) is 0.206. The van der Waals surface area contributed by atoms with Gasteiger partial charge in [-0.2, -0.15) is 70.2 Å². The molecule has 4 N–H and O–H groups in total. The minimum absolute atomic E-state index is 0.0318. The molecule has 0 saturated heterocycles. The van der Waals surface area contributed by atoms with E-state index >= 15 is 4.39 Å². The van der Waals surface area contributed by atoms with Crippen molar-refractivity contribution in [2.75, 3.05) is 46.9 Å². The molecule has 8 aromatic rings. The average molecular weight is 1970 g/mol. The first-order valence-electron chi connectivity index (χ1n) is 30.8. The third kappa shape index (κ3) is 19.7. The van der Waals surface area contributed by atoms with Gasteiger partial charge in [0.05, 0.1) is 45.1 Å². The van der Waals surface area contributed by atoms with Crippen molar-refractivity contribution < 1.29 is 190 Å². The third-order valence-corrected chi connectivity index (χ3v) is 17.7. The van der Waals surface area contributed by atoms with Gasteiger partial charge in [0.15, 0.2) is 57.7 Å². The van der Waals surface area contributed by atoms with E-state index in [-0.39, 0.29) is 80.9 Å². The minimum Gasteiger partial charge on any atom is -0.478 e. The maximum atomic E-state index is 15.5. The number of rotatable bonds is 16. The summed E-state index contributed by atoms with van der Waals surface area (Å²) < 4.78 is 389. The number of carbonyl (C=O) groups excluding carboxylic acids is 5. The molecule has 20 nitrogen and oxygen atoms in total. The number of carboxylic acid groups (broad SMARTS) is 1. The van der Waals surface area contributed by atoms with Crippen molar-refractivity contribution in [3.63, 3.8) is 0 Å². The van der Waals surface area contributed by atoms with Gasteiger partial charge in [-0.3, -0.25) is 24.0 Å². The van der Waals surface area contributed by atoms with Crippen LogP contribution < -0.4 is 63.6 Å². The monoisotopic (exact) mass is 1960 g/mol. The van der Waals surface area contributed by atoms with Crippen LogP contribution >= 0.6 is 56.8 Å². The van der Waals surface area contributed by atoms with E-state index in [0.29, 0.717) is 4.90 Å². The Morgan fingerprint density at radius 1 is 0.441 bits per heavy atom. The summed E-state index contributed by atoms with van der Waals surface area (Å²) in [7, 11) is 3.51. The van der Waals surface area contributed by atoms with Crippen LogP contribution in [0, 0.1) is 24.6 Å². The molecule has 0 aliphatic carbocycles. The van der Waals surface area contributed by atoms with Crippen molar-refractivity contribution in [3.8, 4) is 46.0 Å². The number of nitrogens with one attached hydrogen (secondary N) is 1. The van der Waals surface area contributed by atoms with Gasteiger partial charge < -0.3 is 68.8 Å². The first-order valence-corrected chi connectivity index (χ1v) is 33.3. The fourth-order valence-corrected chi connectivity index (χ4v) is 11.7. The van der Waals surface area contributed by atoms with Crippen molar-refractivity contribution in [2.24, 2.45) is 0 Å². The zero-order chi connectivity index (χ0) is 88.8. The molecule has 11 rings (SSSR count). The van der Waals surface area contributed by atoms with E-state index < -0.39 is 190 Å². The second-order valence-corrected chi connectivity index (χ2v) is 26.0. The lowest BCUT2D eigenvalue weighted by Gasteiger charge is -2.31. The van der Waals surface area contributed by atoms with Crippen LogP contribution in [0.3, 0.4) is 0 Å². The van der Waals surface area contributed by atoms with Gasteiger partial charge in [-0.25, -0.2) is 26.7 Å². The first kappa shape index (κ1) is 92.4. The number of carbonyl (C=O) groups is 6. The number of halogens is 30. The lowest BCUT2D eigenvalue weighted by Crippen LogP contribution is -2.50. The Morgan fingerprint density at radius 2 is 0.737 bits per heavy atom. The number of nitrogen functional groups attached to an aromatic ring is 1. The predicted octanol–water partition coefficient (Wildman–Crippen LogP) is 19.9. The molecule has 0 spiro atoms. The Kier molecular flexibility index (Phi) is 26.6. The van der Waals surface area contributed by atoms with Gasteiger partial charge in [-0.15, -0.1) is 26.3 Å². The zero-order valence-corrected chi connectivity index (χ0v) is 62.3. The molecule has 0 aromatic heterocycles. The van der Waals surface area contributed by atoms with E-state index in [0.717, 1.165) is 106 Å². The summed E-state index contributed by atoms with van der Waals surface area (Å²) in [5.41, 5.74) is -15.7. The normalized spacial score (nSPS) is 14.2. The molecule has 0 unspecified atom stereocenters. The summed E-state index contributed by atoms with van der Waals surface area (Å²) in [6.45, 7) is -7.46. The van der Waals surface area contributed by atoms with Gasteiger partial charge in [0.1, 0.15) is 5.75 Å². The second-order valence-electron chi connectivity index (χ2n) is 23.3. The van der Waals surface area contributed by atoms with Crippen LogP contribution in [0.5, 0.6) is 46.0 Å². The third-order valence-electron chi connectivity index (χ3n) is 15.7. The largest absolute Gasteiger partial charge is 0.586 e. The number of benzene rings is 8. The van der Waals surface area contributed by atoms with E-state index in [9.17, 15) is 143 Å². The molecule has 0 radical (unpaired) electrons. The topological polar surface area (TPSA) is 244 Å². The number of carboxylic acids is 1. The van der Waals surface area contributed by atoms with Crippen LogP contribution in [0.15, 0.2) is 133 Å². The number of amides is 4. The van der Waals surface area contributed by atoms with Crippen molar-refractivity contribution in [2.45, 2.75) is 68.1 Å². The molecule has 118 heavy (non-hydrogen) atoms. The van der Waals surface area contributed by atoms with Crippen LogP contribution in [-0.2, 0) is 11.3 Å². The lowest BCUT2D eigenvalue weighted by molar-refractivity contribution is -0.349. The van der Waals surface area contributed by atoms with Crippen molar-refractivity contribution in [3.05, 3.63) is 203 Å². The number of hydrogen-bond acceptors (Lipinski definition) is 15. The highest BCUT2D eigenvalue weighted by Crippen LogP contribution is 2.57. The number of alkyl halides is 24. The molecule has 50 heteroatoms. The van der Waals surface area contributed by atoms with Crippen LogP contribution in [0.4, 0.5) is 147 Å². The summed E-state index contributed by atoms with van der Waals surface area (Å²) in [5, 5.41) is 9.75. The van der Waals surface area contributed by atoms with Crippen molar-refractivity contribution >= 4 is 120 Å². The molecule has 0 fully saturated rings. The van der Waals surface area contributed by atoms with Crippen LogP contribution in [0.1, 0.15) is 73.3 Å². The Morgan fingerprint density at radius 3 is 1.07 bits per heavy atom. The Hall–Kier alpha value is -11.2. The van der Waals surface area contributed by atoms with Crippen molar-refractivity contribution in [1.29, 1.82) is 0 Å². The highest BCUT2D eigenvalue weighted by atomic mass is 127. The second kappa shape index (κ2) is 34.0. The maximum Gasteiger partial charge on any atom is 0.586 e. The molecule has 8 aromatic carbocycles. The van der Waals surface area contributed by atoms with E-state index in [1.54, 1.807) is 0 Å². The van der Waals surface area contributed by atoms with Crippen LogP contribution in [0.2, 0.25) is 0 Å². The molecule has 4 amide bonds. The summed E-state index contributed by atoms with van der Waals surface area (Å²) in [6.07, 6.45) is -37.6. The molecular weight excluding hydrogens is 1930 g/mol. The summed E-state index contributed by atoms with van der Waals surface area (Å²) in [4.78, 5) is 75.5. The average Bonchev–Trinajstić information content (AvgIpc) is 1.15. The number of ether oxygens (including phenoxy) is 8. The predicted molar refractivity (Wildman–Crippen MR) is 366 cm³/mol. The molecular formula is C68H37ClF27I2N5O15. The van der Waals surface area contributed by atoms with Gasteiger partial charge >= 0.3 is 74.1 Å². The van der Waals surface area contributed by atoms with Gasteiger partial charge in [-0.1, -0.05) is 18.2 Å². The summed E-state index contributed by atoms with van der Waals surface area (Å²) >= 11 is 7.47. The van der Waals surface area contributed by atoms with Gasteiger partial charge in [0.2, 0.25) is 0 Å². The van der Waals surface area contributed by atoms with Crippen LogP contribution in [0.25, 0.3) is 0 Å². The number of nitrogens with two attached hydrogens (primary N) is 1. The summed E-state index contributed by atoms with van der Waals surface area (Å²) in [5.74, 6) is -13.7. The Bertz CT molecular complexity index is 5080. The minimum atomic E-state index is -6.61. The highest BCUT2D eigenvalue weighted by molar-refractivity contribution is 14.1. The standard InChI is InChI=1S/C26H13F12IN2O5.C16H9ClF3NO4.C16H10F3NO5.C10H5F9INO/c1-41(21(43)10-5-6-15-16(7-10)46-26(37,38)45-15)14-4-2-3-12(18(14)27)20(42)40-19-13(39)8-11(9-17(19)44-22(28)29)23(30,24(31,32)33)25(34,35)36;1-21(10-4-2-3-9(13(10)18)14(17)22)15(23)8-5-6-11-12(7-8)25-16(19,20)24-11;1-20(10-4-2-3-9(13(10)17)15(22)23)14(21)8-5-6-11-12(7-8)25-16(18,19)24-11;11-7(12)22-5-2-3(1-4(20)6(5)21)8(13,9(14,15)16)10(17,18)19/h2-9,22H,1H3,(H,40,42);2-7H,1H3;2-7H,1H3,(H,22,23);1-2,7H,21H2. The van der Waals surface area contributed by atoms with Crippen molar-refractivity contribution in [1.82, 2.24) is 0 Å². The molecule has 0 bridgehead atoms. The molecule has 0 saturated carbocycles. The van der Waals surface area contributed by atoms with Gasteiger partial charge in [0, 0.05) is 56.1 Å². The molecule has 3 aliphatic rings. The van der Waals surface area contributed by atoms with Gasteiger partial charge in [0.25, 0.3) is 28.9 Å². The fourth-order valence-electron chi connectivity index (χ4n) is 10.2. The quantitative estimate of drug-likeness (QED) is 0.0352. The van der Waals surface area contributed by atoms with E-state index in [4.69, 9.17) is 22.4 Å². The molecule has 0 atom stereocenters. The number of hydrogen-bond donors (Lipinski definition) is 3. The first-order chi connectivity index (χ1) is 54.2. The molecule has 3 aliphatic heterocycles. The maximum absolute atomic E-state index is 15.5. The number of anilines is 5. The highest BCUT2D eigenvalue weighted by Gasteiger charge is 2.75. The Labute approximate surface area is 670 Å². The summed E-state index contributed by atoms with van der Waals surface area (Å²) in [6, 6.07) is 19.5. The number of nitrogens with zero attached hydrogens (tertiary/aromatic N) is 3. The van der Waals surface area contributed by atoms with Gasteiger partial charge in [-0.05, 0) is 172 Å². The lowest BCUT2D eigenvalue weighted by atomic mass is 9.93. The van der Waals surface area contributed by atoms with E-state index in [1.807, 2.05) is 5.32 Å². The van der Waals surface area contributed by atoms with E-state index in [2.05, 4.69) is 37.9 Å². The number of aromatic carboxylic acids is 1. The molecule has 3 heterocycles. The SMILES string of the molecule is CN(C(=O)c1ccc2c(c1)OC(F)(F)O2)c1cccc(C(=O)Cl)c1F.CN(C(=O)c1ccc2c(c1)OC(F)(F)O2)c1cccc(C(=O)Nc2c(I)cc(C(F)(C(F)(F)F)C(F)(F)F)cc2OC(F)F)c1F.CN(C(=O)c1ccc2c(c1)OC(F)(F)O2)c1cccc(C(=O)O)c1F.Nc1c(I)cc(C(F)(C(F)(F)F)C(F)(F)F)cc1OC(F)F.